The van der Waals surface area contributed by atoms with E-state index in [0.29, 0.717) is 5.69 Å². The number of rotatable bonds is 6. The lowest BCUT2D eigenvalue weighted by atomic mass is 9.98. The molecule has 166 valence electrons. The summed E-state index contributed by atoms with van der Waals surface area (Å²) in [6.45, 7) is 6.30. The summed E-state index contributed by atoms with van der Waals surface area (Å²) in [5, 5.41) is 14.7. The van der Waals surface area contributed by atoms with Gasteiger partial charge in [-0.2, -0.15) is 0 Å². The van der Waals surface area contributed by atoms with Crippen molar-refractivity contribution < 1.29 is 19.4 Å². The molecule has 0 fully saturated rings. The second-order valence-corrected chi connectivity index (χ2v) is 9.81. The molecule has 0 saturated carbocycles. The Balaban J connectivity index is 1.47. The van der Waals surface area contributed by atoms with Crippen LogP contribution in [0.1, 0.15) is 61.0 Å². The fourth-order valence-electron chi connectivity index (χ4n) is 3.98. The predicted molar refractivity (Wildman–Crippen MR) is 124 cm³/mol. The number of nitrogens with zero attached hydrogens (tertiary/aromatic N) is 1. The molecule has 0 aliphatic heterocycles. The highest BCUT2D eigenvalue weighted by atomic mass is 32.1. The number of fused-ring (bicyclic) bond motifs is 3. The minimum Gasteiger partial charge on any atom is -0.481 e. The summed E-state index contributed by atoms with van der Waals surface area (Å²) in [7, 11) is 0. The maximum atomic E-state index is 12.6. The van der Waals surface area contributed by atoms with Gasteiger partial charge in [-0.15, -0.1) is 11.3 Å². The van der Waals surface area contributed by atoms with E-state index in [1.807, 2.05) is 45.0 Å². The predicted octanol–water partition coefficient (Wildman–Crippen LogP) is 5.50. The number of nitrogens with one attached hydrogen (secondary N) is 1. The van der Waals surface area contributed by atoms with Crippen molar-refractivity contribution in [3.05, 3.63) is 75.7 Å². The van der Waals surface area contributed by atoms with E-state index in [9.17, 15) is 14.7 Å². The van der Waals surface area contributed by atoms with Gasteiger partial charge >= 0.3 is 12.1 Å². The number of aromatic nitrogens is 1. The summed E-state index contributed by atoms with van der Waals surface area (Å²) in [5.41, 5.74) is 4.93. The number of carboxylic acid groups (broad SMARTS) is 1. The third-order valence-electron chi connectivity index (χ3n) is 5.54. The minimum absolute atomic E-state index is 0.0576. The van der Waals surface area contributed by atoms with Gasteiger partial charge in [0.2, 0.25) is 0 Å². The summed E-state index contributed by atoms with van der Waals surface area (Å²) < 4.78 is 5.58. The number of ether oxygens (including phenoxy) is 1. The number of hydrogen-bond acceptors (Lipinski definition) is 5. The van der Waals surface area contributed by atoms with E-state index in [4.69, 9.17) is 4.74 Å². The van der Waals surface area contributed by atoms with Crippen LogP contribution in [0.25, 0.3) is 11.1 Å². The van der Waals surface area contributed by atoms with Gasteiger partial charge in [-0.05, 0) is 22.3 Å². The lowest BCUT2D eigenvalue weighted by Crippen LogP contribution is -2.32. The quantitative estimate of drug-likeness (QED) is 0.518. The van der Waals surface area contributed by atoms with Crippen LogP contribution in [0.4, 0.5) is 4.79 Å². The first-order chi connectivity index (χ1) is 15.2. The summed E-state index contributed by atoms with van der Waals surface area (Å²) in [6.07, 6.45) is -0.916. The second kappa shape index (κ2) is 8.74. The van der Waals surface area contributed by atoms with Crippen molar-refractivity contribution in [3.63, 3.8) is 0 Å². The number of carboxylic acids is 1. The van der Waals surface area contributed by atoms with Crippen LogP contribution in [0.5, 0.6) is 0 Å². The van der Waals surface area contributed by atoms with Crippen LogP contribution in [0.15, 0.2) is 53.9 Å². The van der Waals surface area contributed by atoms with Crippen molar-refractivity contribution in [2.24, 2.45) is 0 Å². The van der Waals surface area contributed by atoms with Gasteiger partial charge in [-0.1, -0.05) is 69.3 Å². The Bertz CT molecular complexity index is 1100. The zero-order valence-electron chi connectivity index (χ0n) is 18.3. The van der Waals surface area contributed by atoms with Crippen LogP contribution in [-0.4, -0.2) is 28.8 Å². The molecular formula is C25H26N2O4S. The standard InChI is InChI=1S/C25H26N2O4S/c1-25(2,3)23-26-21(14-32-23)20(12-22(28)29)27-24(30)31-13-19-17-10-6-4-8-15(17)16-9-5-7-11-18(16)19/h4-11,14,19-20H,12-13H2,1-3H3,(H,27,30)(H,28,29)/t20-/m0/s1. The maximum Gasteiger partial charge on any atom is 0.407 e. The lowest BCUT2D eigenvalue weighted by molar-refractivity contribution is -0.137. The van der Waals surface area contributed by atoms with E-state index in [1.54, 1.807) is 5.38 Å². The normalized spacial score (nSPS) is 13.8. The van der Waals surface area contributed by atoms with Crippen LogP contribution in [-0.2, 0) is 14.9 Å². The molecular weight excluding hydrogens is 424 g/mol. The first-order valence-electron chi connectivity index (χ1n) is 10.5. The van der Waals surface area contributed by atoms with Crippen molar-refractivity contribution in [2.75, 3.05) is 6.61 Å². The van der Waals surface area contributed by atoms with Crippen LogP contribution in [0.2, 0.25) is 0 Å². The third kappa shape index (κ3) is 4.53. The average molecular weight is 451 g/mol. The van der Waals surface area contributed by atoms with E-state index < -0.39 is 18.1 Å². The Morgan fingerprint density at radius 3 is 2.22 bits per heavy atom. The number of aliphatic carboxylic acids is 1. The number of carbonyl (C=O) groups excluding carboxylic acids is 1. The molecule has 1 heterocycles. The van der Waals surface area contributed by atoms with Gasteiger partial charge in [0.1, 0.15) is 6.61 Å². The fourth-order valence-corrected chi connectivity index (χ4v) is 4.94. The minimum atomic E-state index is -1.01. The molecule has 1 aliphatic carbocycles. The molecule has 1 aliphatic rings. The number of hydrogen-bond donors (Lipinski definition) is 2. The second-order valence-electron chi connectivity index (χ2n) is 8.95. The molecule has 0 saturated heterocycles. The largest absolute Gasteiger partial charge is 0.481 e. The Morgan fingerprint density at radius 2 is 1.69 bits per heavy atom. The van der Waals surface area contributed by atoms with E-state index in [0.717, 1.165) is 27.3 Å². The molecule has 0 bridgehead atoms. The molecule has 0 spiro atoms. The third-order valence-corrected chi connectivity index (χ3v) is 6.82. The number of amides is 1. The fraction of sp³-hybridized carbons (Fsp3) is 0.320. The van der Waals surface area contributed by atoms with E-state index >= 15 is 0 Å². The highest BCUT2D eigenvalue weighted by Crippen LogP contribution is 2.44. The smallest absolute Gasteiger partial charge is 0.407 e. The number of thiazole rings is 1. The molecule has 32 heavy (non-hydrogen) atoms. The summed E-state index contributed by atoms with van der Waals surface area (Å²) in [5.74, 6) is -1.07. The van der Waals surface area contributed by atoms with Gasteiger partial charge in [0, 0.05) is 16.7 Å². The Morgan fingerprint density at radius 1 is 1.09 bits per heavy atom. The highest BCUT2D eigenvalue weighted by molar-refractivity contribution is 7.09. The Kier molecular flexibility index (Phi) is 6.02. The Hall–Kier alpha value is -3.19. The maximum absolute atomic E-state index is 12.6. The number of carbonyl (C=O) groups is 2. The Labute approximate surface area is 191 Å². The topological polar surface area (TPSA) is 88.5 Å². The zero-order valence-corrected chi connectivity index (χ0v) is 19.1. The molecule has 2 N–H and O–H groups in total. The molecule has 1 atom stereocenters. The van der Waals surface area contributed by atoms with E-state index in [1.165, 1.54) is 11.3 Å². The van der Waals surface area contributed by atoms with Crippen molar-refractivity contribution in [1.82, 2.24) is 10.3 Å². The molecule has 0 unspecified atom stereocenters. The highest BCUT2D eigenvalue weighted by Gasteiger charge is 2.30. The molecule has 2 aromatic carbocycles. The molecule has 4 rings (SSSR count). The zero-order chi connectivity index (χ0) is 22.9. The van der Waals surface area contributed by atoms with Crippen LogP contribution < -0.4 is 5.32 Å². The lowest BCUT2D eigenvalue weighted by Gasteiger charge is -2.18. The van der Waals surface area contributed by atoms with Crippen molar-refractivity contribution >= 4 is 23.4 Å². The van der Waals surface area contributed by atoms with Crippen molar-refractivity contribution in [1.29, 1.82) is 0 Å². The van der Waals surface area contributed by atoms with Gasteiger partial charge < -0.3 is 15.2 Å². The summed E-state index contributed by atoms with van der Waals surface area (Å²) in [6, 6.07) is 15.5. The van der Waals surface area contributed by atoms with E-state index in [-0.39, 0.29) is 24.4 Å². The molecule has 7 heteroatoms. The molecule has 3 aromatic rings. The van der Waals surface area contributed by atoms with E-state index in [2.05, 4.69) is 34.6 Å². The van der Waals surface area contributed by atoms with Crippen molar-refractivity contribution in [3.8, 4) is 11.1 Å². The van der Waals surface area contributed by atoms with Crippen LogP contribution in [0.3, 0.4) is 0 Å². The number of benzene rings is 2. The monoisotopic (exact) mass is 450 g/mol. The number of alkyl carbamates (subject to hydrolysis) is 1. The molecule has 6 nitrogen and oxygen atoms in total. The van der Waals surface area contributed by atoms with Gasteiger partial charge in [-0.25, -0.2) is 9.78 Å². The first kappa shape index (κ1) is 22.0. The van der Waals surface area contributed by atoms with Crippen LogP contribution >= 0.6 is 11.3 Å². The summed E-state index contributed by atoms with van der Waals surface area (Å²) >= 11 is 1.46. The van der Waals surface area contributed by atoms with Crippen LogP contribution in [0, 0.1) is 0 Å². The van der Waals surface area contributed by atoms with Gasteiger partial charge in [0.25, 0.3) is 0 Å². The molecule has 1 amide bonds. The average Bonchev–Trinajstić information content (AvgIpc) is 3.35. The molecule has 0 radical (unpaired) electrons. The van der Waals surface area contributed by atoms with Gasteiger partial charge in [0.15, 0.2) is 0 Å². The SMILES string of the molecule is CC(C)(C)c1nc([C@H](CC(=O)O)NC(=O)OCC2c3ccccc3-c3ccccc32)cs1. The molecule has 1 aromatic heterocycles. The van der Waals surface area contributed by atoms with Gasteiger partial charge in [-0.3, -0.25) is 4.79 Å². The summed E-state index contributed by atoms with van der Waals surface area (Å²) in [4.78, 5) is 28.6. The van der Waals surface area contributed by atoms with Crippen molar-refractivity contribution in [2.45, 2.75) is 44.6 Å². The first-order valence-corrected chi connectivity index (χ1v) is 11.4. The van der Waals surface area contributed by atoms with Gasteiger partial charge in [0.05, 0.1) is 23.2 Å².